The molecule has 1 aliphatic rings. The molecule has 1 aromatic heterocycles. The Labute approximate surface area is 90.5 Å². The molecule has 0 bridgehead atoms. The fraction of sp³-hybridized carbons (Fsp3) is 0.727. The molecular formula is C11H19N3O. The third-order valence-electron chi connectivity index (χ3n) is 3.11. The van der Waals surface area contributed by atoms with Gasteiger partial charge in [-0.1, -0.05) is 0 Å². The van der Waals surface area contributed by atoms with Crippen LogP contribution in [0.5, 0.6) is 5.75 Å². The van der Waals surface area contributed by atoms with E-state index < -0.39 is 0 Å². The minimum absolute atomic E-state index is 0.258. The van der Waals surface area contributed by atoms with Gasteiger partial charge in [0.15, 0.2) is 5.75 Å². The number of aromatic hydroxyl groups is 1. The molecule has 15 heavy (non-hydrogen) atoms. The highest BCUT2D eigenvalue weighted by Gasteiger charge is 2.24. The molecule has 0 aromatic carbocycles. The van der Waals surface area contributed by atoms with Gasteiger partial charge in [-0.25, -0.2) is 0 Å². The minimum Gasteiger partial charge on any atom is -0.505 e. The highest BCUT2D eigenvalue weighted by Crippen LogP contribution is 2.20. The second-order valence-electron chi connectivity index (χ2n) is 4.66. The van der Waals surface area contributed by atoms with Gasteiger partial charge in [0.25, 0.3) is 0 Å². The average molecular weight is 209 g/mol. The largest absolute Gasteiger partial charge is 0.505 e. The predicted octanol–water partition coefficient (Wildman–Crippen LogP) is 1.32. The first-order chi connectivity index (χ1) is 7.15. The van der Waals surface area contributed by atoms with Crippen LogP contribution in [0.25, 0.3) is 0 Å². The van der Waals surface area contributed by atoms with E-state index in [0.29, 0.717) is 12.0 Å². The van der Waals surface area contributed by atoms with Crippen LogP contribution in [-0.2, 0) is 6.54 Å². The summed E-state index contributed by atoms with van der Waals surface area (Å²) < 4.78 is 1.84. The molecule has 1 aromatic rings. The van der Waals surface area contributed by atoms with Crippen LogP contribution in [0.3, 0.4) is 0 Å². The third kappa shape index (κ3) is 2.50. The van der Waals surface area contributed by atoms with Crippen LogP contribution in [0.1, 0.15) is 20.3 Å². The van der Waals surface area contributed by atoms with E-state index in [1.807, 2.05) is 4.68 Å². The summed E-state index contributed by atoms with van der Waals surface area (Å²) in [6.45, 7) is 7.74. The number of rotatable bonds is 3. The lowest BCUT2D eigenvalue weighted by molar-refractivity contribution is 0.259. The SMILES string of the molecule is CC(C)N1CCC(Cn2cc(O)cn2)C1. The molecule has 1 N–H and O–H groups in total. The topological polar surface area (TPSA) is 41.3 Å². The summed E-state index contributed by atoms with van der Waals surface area (Å²) >= 11 is 0. The third-order valence-corrected chi connectivity index (χ3v) is 3.11. The number of hydrogen-bond donors (Lipinski definition) is 1. The summed E-state index contributed by atoms with van der Waals surface area (Å²) in [5.41, 5.74) is 0. The Morgan fingerprint density at radius 2 is 2.40 bits per heavy atom. The van der Waals surface area contributed by atoms with E-state index in [1.165, 1.54) is 19.2 Å². The molecular weight excluding hydrogens is 190 g/mol. The van der Waals surface area contributed by atoms with Gasteiger partial charge in [-0.05, 0) is 32.7 Å². The van der Waals surface area contributed by atoms with Crippen LogP contribution >= 0.6 is 0 Å². The maximum atomic E-state index is 9.17. The van der Waals surface area contributed by atoms with Crippen molar-refractivity contribution >= 4 is 0 Å². The molecule has 1 atom stereocenters. The maximum Gasteiger partial charge on any atom is 0.153 e. The second kappa shape index (κ2) is 4.23. The number of nitrogens with zero attached hydrogens (tertiary/aromatic N) is 3. The lowest BCUT2D eigenvalue weighted by atomic mass is 10.1. The molecule has 1 unspecified atom stereocenters. The van der Waals surface area contributed by atoms with Crippen LogP contribution in [0, 0.1) is 5.92 Å². The fourth-order valence-corrected chi connectivity index (χ4v) is 2.20. The standard InChI is InChI=1S/C11H19N3O/c1-9(2)13-4-3-10(6-13)7-14-8-11(15)5-12-14/h5,8-10,15H,3-4,6-7H2,1-2H3. The van der Waals surface area contributed by atoms with Gasteiger partial charge < -0.3 is 10.0 Å². The molecule has 0 saturated carbocycles. The van der Waals surface area contributed by atoms with Crippen molar-refractivity contribution in [1.29, 1.82) is 0 Å². The van der Waals surface area contributed by atoms with E-state index in [2.05, 4.69) is 23.8 Å². The second-order valence-corrected chi connectivity index (χ2v) is 4.66. The van der Waals surface area contributed by atoms with Crippen molar-refractivity contribution < 1.29 is 5.11 Å². The first-order valence-electron chi connectivity index (χ1n) is 5.60. The zero-order chi connectivity index (χ0) is 10.8. The summed E-state index contributed by atoms with van der Waals surface area (Å²) in [5, 5.41) is 13.3. The Morgan fingerprint density at radius 1 is 1.60 bits per heavy atom. The molecule has 0 spiro atoms. The zero-order valence-corrected chi connectivity index (χ0v) is 9.43. The normalized spacial score (nSPS) is 22.7. The van der Waals surface area contributed by atoms with Crippen molar-refractivity contribution in [3.05, 3.63) is 12.4 Å². The van der Waals surface area contributed by atoms with Gasteiger partial charge in [0.2, 0.25) is 0 Å². The maximum absolute atomic E-state index is 9.17. The first kappa shape index (κ1) is 10.5. The Balaban J connectivity index is 1.87. The average Bonchev–Trinajstić information content (AvgIpc) is 2.76. The minimum atomic E-state index is 0.258. The van der Waals surface area contributed by atoms with Crippen molar-refractivity contribution in [2.45, 2.75) is 32.9 Å². The number of hydrogen-bond acceptors (Lipinski definition) is 3. The molecule has 2 rings (SSSR count). The van der Waals surface area contributed by atoms with E-state index in [1.54, 1.807) is 6.20 Å². The zero-order valence-electron chi connectivity index (χ0n) is 9.43. The van der Waals surface area contributed by atoms with Gasteiger partial charge >= 0.3 is 0 Å². The van der Waals surface area contributed by atoms with Crippen LogP contribution < -0.4 is 0 Å². The predicted molar refractivity (Wildman–Crippen MR) is 58.7 cm³/mol. The summed E-state index contributed by atoms with van der Waals surface area (Å²) in [6, 6.07) is 0.640. The first-order valence-corrected chi connectivity index (χ1v) is 5.60. The van der Waals surface area contributed by atoms with Crippen molar-refractivity contribution in [2.24, 2.45) is 5.92 Å². The quantitative estimate of drug-likeness (QED) is 0.816. The summed E-state index contributed by atoms with van der Waals surface area (Å²) in [7, 11) is 0. The Kier molecular flexibility index (Phi) is 2.95. The molecule has 1 aliphatic heterocycles. The molecule has 0 amide bonds. The molecule has 0 aliphatic carbocycles. The summed E-state index contributed by atoms with van der Waals surface area (Å²) in [6.07, 6.45) is 4.42. The van der Waals surface area contributed by atoms with Gasteiger partial charge in [0, 0.05) is 19.1 Å². The molecule has 84 valence electrons. The lowest BCUT2D eigenvalue weighted by Crippen LogP contribution is -2.28. The van der Waals surface area contributed by atoms with Crippen molar-refractivity contribution in [3.63, 3.8) is 0 Å². The van der Waals surface area contributed by atoms with Crippen LogP contribution in [0.2, 0.25) is 0 Å². The van der Waals surface area contributed by atoms with Crippen molar-refractivity contribution in [1.82, 2.24) is 14.7 Å². The van der Waals surface area contributed by atoms with Crippen LogP contribution in [-0.4, -0.2) is 38.9 Å². The molecule has 0 radical (unpaired) electrons. The van der Waals surface area contributed by atoms with E-state index in [4.69, 9.17) is 0 Å². The molecule has 1 fully saturated rings. The van der Waals surface area contributed by atoms with E-state index in [-0.39, 0.29) is 5.75 Å². The summed E-state index contributed by atoms with van der Waals surface area (Å²) in [5.74, 6) is 0.931. The lowest BCUT2D eigenvalue weighted by Gasteiger charge is -2.20. The fourth-order valence-electron chi connectivity index (χ4n) is 2.20. The van der Waals surface area contributed by atoms with Crippen LogP contribution in [0.15, 0.2) is 12.4 Å². The van der Waals surface area contributed by atoms with E-state index >= 15 is 0 Å². The van der Waals surface area contributed by atoms with Crippen molar-refractivity contribution in [2.75, 3.05) is 13.1 Å². The Hall–Kier alpha value is -1.03. The Morgan fingerprint density at radius 3 is 2.93 bits per heavy atom. The van der Waals surface area contributed by atoms with Gasteiger partial charge in [-0.2, -0.15) is 5.10 Å². The highest BCUT2D eigenvalue weighted by atomic mass is 16.3. The highest BCUT2D eigenvalue weighted by molar-refractivity contribution is 5.08. The Bertz CT molecular complexity index is 321. The van der Waals surface area contributed by atoms with Gasteiger partial charge in [-0.15, -0.1) is 0 Å². The molecule has 4 heteroatoms. The molecule has 4 nitrogen and oxygen atoms in total. The van der Waals surface area contributed by atoms with Gasteiger partial charge in [-0.3, -0.25) is 4.68 Å². The monoisotopic (exact) mass is 209 g/mol. The van der Waals surface area contributed by atoms with E-state index in [9.17, 15) is 5.11 Å². The van der Waals surface area contributed by atoms with Gasteiger partial charge in [0.1, 0.15) is 0 Å². The summed E-state index contributed by atoms with van der Waals surface area (Å²) in [4.78, 5) is 2.49. The molecule has 2 heterocycles. The van der Waals surface area contributed by atoms with Crippen molar-refractivity contribution in [3.8, 4) is 5.75 Å². The van der Waals surface area contributed by atoms with Crippen LogP contribution in [0.4, 0.5) is 0 Å². The van der Waals surface area contributed by atoms with E-state index in [0.717, 1.165) is 13.1 Å². The number of aromatic nitrogens is 2. The molecule has 1 saturated heterocycles. The number of likely N-dealkylation sites (tertiary alicyclic amines) is 1. The smallest absolute Gasteiger partial charge is 0.153 e. The van der Waals surface area contributed by atoms with Gasteiger partial charge in [0.05, 0.1) is 12.4 Å².